The zero-order chi connectivity index (χ0) is 2.71. The molecular weight excluding hydrogens is 123 g/mol. The molecule has 0 radical (unpaired) electrons. The summed E-state index contributed by atoms with van der Waals surface area (Å²) in [4.78, 5) is 0. The maximum Gasteiger partial charge on any atom is 0.895 e. The van der Waals surface area contributed by atoms with Crippen LogP contribution in [-0.2, 0) is 0 Å². The largest absolute Gasteiger partial charge is 1.00 e. The van der Waals surface area contributed by atoms with Crippen LogP contribution in [0.25, 0.3) is 0 Å². The van der Waals surface area contributed by atoms with Gasteiger partial charge in [0, 0.05) is 0 Å². The van der Waals surface area contributed by atoms with Gasteiger partial charge in [0.25, 0.3) is 0 Å². The minimum Gasteiger partial charge on any atom is -1.00 e. The molecule has 0 amide bonds. The van der Waals surface area contributed by atoms with Crippen molar-refractivity contribution in [2.45, 2.75) is 13.1 Å². The molecule has 0 bridgehead atoms. The van der Waals surface area contributed by atoms with E-state index in [4.69, 9.17) is 0 Å². The van der Waals surface area contributed by atoms with Gasteiger partial charge in [0.2, 0.25) is 13.1 Å². The van der Waals surface area contributed by atoms with Crippen molar-refractivity contribution in [3.63, 3.8) is 0 Å². The first-order valence-corrected chi connectivity index (χ1v) is 3.00. The van der Waals surface area contributed by atoms with Crippen molar-refractivity contribution in [2.75, 3.05) is 0 Å². The molecule has 0 N–H and O–H groups in total. The van der Waals surface area contributed by atoms with E-state index < -0.39 is 0 Å². The topological polar surface area (TPSA) is 0 Å². The van der Waals surface area contributed by atoms with Crippen molar-refractivity contribution in [1.29, 1.82) is 0 Å². The Balaban J connectivity index is -0.0000000200. The molecule has 0 rings (SSSR count). The van der Waals surface area contributed by atoms with Crippen LogP contribution in [-0.4, -0.2) is 9.52 Å². The summed E-state index contributed by atoms with van der Waals surface area (Å²) in [6.45, 7) is 4.31. The van der Waals surface area contributed by atoms with Gasteiger partial charge in [-0.25, -0.2) is 0 Å². The Morgan fingerprint density at radius 3 is 1.00 bits per heavy atom. The van der Waals surface area contributed by atoms with Gasteiger partial charge >= 0.3 is 9.52 Å². The molecule has 0 heterocycles. The molecule has 32 valence electrons. The minimum absolute atomic E-state index is 0. The molecule has 5 heavy (non-hydrogen) atoms. The molecule has 0 spiro atoms. The van der Waals surface area contributed by atoms with Gasteiger partial charge in [0.1, 0.15) is 0 Å². The molecule has 0 unspecified atom stereocenters. The van der Waals surface area contributed by atoms with Crippen molar-refractivity contribution in [1.82, 2.24) is 0 Å². The third-order valence-corrected chi connectivity index (χ3v) is 0. The van der Waals surface area contributed by atoms with Gasteiger partial charge < -0.3 is 24.8 Å². The highest BCUT2D eigenvalue weighted by Crippen LogP contribution is 1.36. The van der Waals surface area contributed by atoms with Gasteiger partial charge in [0.05, 0.1) is 0 Å². The van der Waals surface area contributed by atoms with E-state index in [1.165, 1.54) is 0 Å². The Morgan fingerprint density at radius 1 is 1.00 bits per heavy atom. The van der Waals surface area contributed by atoms with Crippen molar-refractivity contribution in [3.8, 4) is 0 Å². The van der Waals surface area contributed by atoms with E-state index in [0.29, 0.717) is 0 Å². The number of halogens is 2. The Kier molecular flexibility index (Phi) is 73.0. The number of hydrogen-bond acceptors (Lipinski definition) is 0. The standard InChI is InChI=1S/C2H6Si.2ClH/c1-3-2;;/h1-2H3;2*1H/q+2;;/p-2. The Hall–Kier alpha value is 0.797. The normalized spacial score (nSPS) is 2.00. The molecule has 0 aliphatic carbocycles. The fourth-order valence-electron chi connectivity index (χ4n) is 0. The maximum absolute atomic E-state index is 2.15. The Bertz CT molecular complexity index is 7.61. The van der Waals surface area contributed by atoms with Gasteiger partial charge in [-0.3, -0.25) is 0 Å². The Labute approximate surface area is 48.0 Å². The summed E-state index contributed by atoms with van der Waals surface area (Å²) in [5, 5.41) is 0. The lowest BCUT2D eigenvalue weighted by molar-refractivity contribution is -0.00100. The molecule has 0 atom stereocenters. The third kappa shape index (κ3) is 59.1. The smallest absolute Gasteiger partial charge is 0.895 e. The summed E-state index contributed by atoms with van der Waals surface area (Å²) in [5.41, 5.74) is 0. The van der Waals surface area contributed by atoms with Gasteiger partial charge in [0.15, 0.2) is 0 Å². The van der Waals surface area contributed by atoms with Crippen molar-refractivity contribution < 1.29 is 24.8 Å². The van der Waals surface area contributed by atoms with E-state index in [1.54, 1.807) is 0 Å². The molecule has 0 saturated heterocycles. The second-order valence-corrected chi connectivity index (χ2v) is 1.50. The summed E-state index contributed by atoms with van der Waals surface area (Å²) in [7, 11) is 1.08. The highest BCUT2D eigenvalue weighted by molar-refractivity contribution is 6.31. The fraction of sp³-hybridized carbons (Fsp3) is 1.00. The average molecular weight is 129 g/mol. The van der Waals surface area contributed by atoms with Crippen LogP contribution in [0.15, 0.2) is 0 Å². The molecule has 0 aromatic heterocycles. The van der Waals surface area contributed by atoms with Crippen LogP contribution < -0.4 is 24.8 Å². The van der Waals surface area contributed by atoms with E-state index in [9.17, 15) is 0 Å². The zero-order valence-corrected chi connectivity index (χ0v) is 5.77. The molecule has 0 fully saturated rings. The van der Waals surface area contributed by atoms with Crippen LogP contribution in [0.3, 0.4) is 0 Å². The molecule has 0 aromatic rings. The van der Waals surface area contributed by atoms with Crippen LogP contribution in [0.5, 0.6) is 0 Å². The second-order valence-electron chi connectivity index (χ2n) is 0.500. The molecular formula is C2H6Cl2Si. The van der Waals surface area contributed by atoms with Gasteiger partial charge in [-0.2, -0.15) is 0 Å². The first kappa shape index (κ1) is 17.1. The van der Waals surface area contributed by atoms with E-state index in [0.717, 1.165) is 9.52 Å². The molecule has 3 heteroatoms. The van der Waals surface area contributed by atoms with Crippen LogP contribution >= 0.6 is 0 Å². The molecule has 0 nitrogen and oxygen atoms in total. The van der Waals surface area contributed by atoms with Gasteiger partial charge in [-0.05, 0) is 0 Å². The van der Waals surface area contributed by atoms with Crippen LogP contribution in [0.4, 0.5) is 0 Å². The Morgan fingerprint density at radius 2 is 1.00 bits per heavy atom. The van der Waals surface area contributed by atoms with E-state index in [2.05, 4.69) is 13.1 Å². The average Bonchev–Trinajstić information content (AvgIpc) is 0.918. The van der Waals surface area contributed by atoms with Crippen LogP contribution in [0, 0.1) is 0 Å². The highest BCUT2D eigenvalue weighted by atomic mass is 35.5. The summed E-state index contributed by atoms with van der Waals surface area (Å²) in [5.74, 6) is 0. The van der Waals surface area contributed by atoms with Gasteiger partial charge in [-0.1, -0.05) is 0 Å². The number of hydrogen-bond donors (Lipinski definition) is 0. The van der Waals surface area contributed by atoms with E-state index >= 15 is 0 Å². The highest BCUT2D eigenvalue weighted by Gasteiger charge is 2.02. The van der Waals surface area contributed by atoms with Crippen molar-refractivity contribution in [3.05, 3.63) is 0 Å². The lowest BCUT2D eigenvalue weighted by Crippen LogP contribution is -3.00. The van der Waals surface area contributed by atoms with E-state index in [1.807, 2.05) is 0 Å². The first-order valence-electron chi connectivity index (χ1n) is 1.00. The maximum atomic E-state index is 2.15. The fourth-order valence-corrected chi connectivity index (χ4v) is 0. The van der Waals surface area contributed by atoms with Gasteiger partial charge in [-0.15, -0.1) is 0 Å². The van der Waals surface area contributed by atoms with Crippen LogP contribution in [0.2, 0.25) is 13.1 Å². The third-order valence-electron chi connectivity index (χ3n) is 0. The van der Waals surface area contributed by atoms with Crippen molar-refractivity contribution in [2.24, 2.45) is 0 Å². The quantitative estimate of drug-likeness (QED) is 0.287. The predicted octanol–water partition coefficient (Wildman–Crippen LogP) is -5.21. The van der Waals surface area contributed by atoms with Crippen LogP contribution in [0.1, 0.15) is 0 Å². The summed E-state index contributed by atoms with van der Waals surface area (Å²) in [6.07, 6.45) is 0. The molecule has 0 aromatic carbocycles. The summed E-state index contributed by atoms with van der Waals surface area (Å²) >= 11 is 0. The second kappa shape index (κ2) is 21.4. The van der Waals surface area contributed by atoms with Crippen molar-refractivity contribution >= 4 is 9.52 Å². The zero-order valence-electron chi connectivity index (χ0n) is 3.26. The monoisotopic (exact) mass is 128 g/mol. The van der Waals surface area contributed by atoms with E-state index in [-0.39, 0.29) is 24.8 Å². The summed E-state index contributed by atoms with van der Waals surface area (Å²) in [6, 6.07) is 0. The molecule has 0 aliphatic rings. The number of rotatable bonds is 0. The lowest BCUT2D eigenvalue weighted by atomic mass is 11.9. The SMILES string of the molecule is C[Si+2]C.[Cl-].[Cl-]. The summed E-state index contributed by atoms with van der Waals surface area (Å²) < 4.78 is 0. The molecule has 0 aliphatic heterocycles. The molecule has 0 saturated carbocycles. The minimum atomic E-state index is 0. The first-order chi connectivity index (χ1) is 1.41. The lowest BCUT2D eigenvalue weighted by Gasteiger charge is -1.00. The predicted molar refractivity (Wildman–Crippen MR) is 17.5 cm³/mol.